The fourth-order valence-electron chi connectivity index (χ4n) is 2.24. The predicted molar refractivity (Wildman–Crippen MR) is 89.1 cm³/mol. The fourth-order valence-corrected chi connectivity index (χ4v) is 2.24. The molecule has 0 saturated heterocycles. The van der Waals surface area contributed by atoms with Gasteiger partial charge in [0.2, 0.25) is 0 Å². The predicted octanol–water partition coefficient (Wildman–Crippen LogP) is 2.08. The summed E-state index contributed by atoms with van der Waals surface area (Å²) >= 11 is 0. The molecule has 0 bridgehead atoms. The van der Waals surface area contributed by atoms with E-state index in [2.05, 4.69) is 25.7 Å². The zero-order valence-corrected chi connectivity index (χ0v) is 12.7. The van der Waals surface area contributed by atoms with Crippen LogP contribution in [0, 0.1) is 6.92 Å². The number of hydrogen-bond donors (Lipinski definition) is 2. The van der Waals surface area contributed by atoms with Crippen LogP contribution < -0.4 is 15.9 Å². The standard InChI is InChI=1S/C16H15N5O2/c1-10-15(18-16(22)21-19-10)20-17-9-13-12-6-4-3-5-11(12)7-8-14(13)23-2/h3-9H,1-2H3,(H2,18,20,21,22)/b17-9+. The average Bonchev–Trinajstić information content (AvgIpc) is 2.58. The first-order chi connectivity index (χ1) is 11.2. The van der Waals surface area contributed by atoms with Crippen molar-refractivity contribution in [1.82, 2.24) is 15.2 Å². The number of aromatic amines is 1. The van der Waals surface area contributed by atoms with Crippen molar-refractivity contribution in [2.24, 2.45) is 5.10 Å². The van der Waals surface area contributed by atoms with E-state index in [0.717, 1.165) is 16.3 Å². The Kier molecular flexibility index (Phi) is 4.01. The number of nitrogens with one attached hydrogen (secondary N) is 2. The normalized spacial score (nSPS) is 11.0. The molecule has 1 aromatic heterocycles. The Morgan fingerprint density at radius 3 is 2.91 bits per heavy atom. The molecule has 3 aromatic rings. The SMILES string of the molecule is COc1ccc2ccccc2c1/C=N/Nc1nc(=O)[nH]nc1C. The van der Waals surface area contributed by atoms with Crippen LogP contribution in [0.15, 0.2) is 46.3 Å². The van der Waals surface area contributed by atoms with Gasteiger partial charge in [0.1, 0.15) is 11.4 Å². The monoisotopic (exact) mass is 309 g/mol. The Bertz CT molecular complexity index is 933. The van der Waals surface area contributed by atoms with Crippen molar-refractivity contribution in [1.29, 1.82) is 0 Å². The Balaban J connectivity index is 1.97. The molecule has 0 unspecified atom stereocenters. The van der Waals surface area contributed by atoms with Gasteiger partial charge in [0.15, 0.2) is 5.82 Å². The van der Waals surface area contributed by atoms with E-state index in [4.69, 9.17) is 4.74 Å². The molecule has 0 aliphatic carbocycles. The van der Waals surface area contributed by atoms with E-state index in [1.165, 1.54) is 0 Å². The summed E-state index contributed by atoms with van der Waals surface area (Å²) < 4.78 is 5.40. The summed E-state index contributed by atoms with van der Waals surface area (Å²) in [5.41, 5.74) is 3.60. The molecule has 0 atom stereocenters. The number of benzene rings is 2. The maximum atomic E-state index is 11.2. The first-order valence-electron chi connectivity index (χ1n) is 6.97. The van der Waals surface area contributed by atoms with E-state index in [0.29, 0.717) is 17.3 Å². The molecule has 0 aliphatic rings. The molecule has 3 rings (SSSR count). The third-order valence-corrected chi connectivity index (χ3v) is 3.39. The number of hydrazone groups is 1. The van der Waals surface area contributed by atoms with E-state index in [9.17, 15) is 4.79 Å². The minimum atomic E-state index is -0.531. The van der Waals surface area contributed by atoms with Crippen molar-refractivity contribution in [3.63, 3.8) is 0 Å². The molecule has 0 saturated carbocycles. The fraction of sp³-hybridized carbons (Fsp3) is 0.125. The first kappa shape index (κ1) is 14.7. The quantitative estimate of drug-likeness (QED) is 0.568. The molecule has 7 nitrogen and oxygen atoms in total. The van der Waals surface area contributed by atoms with Gasteiger partial charge in [-0.15, -0.1) is 0 Å². The number of anilines is 1. The maximum absolute atomic E-state index is 11.2. The number of ether oxygens (including phenoxy) is 1. The lowest BCUT2D eigenvalue weighted by Crippen LogP contribution is -2.15. The average molecular weight is 309 g/mol. The Hall–Kier alpha value is -3.22. The van der Waals surface area contributed by atoms with E-state index >= 15 is 0 Å². The summed E-state index contributed by atoms with van der Waals surface area (Å²) in [5.74, 6) is 1.02. The molecular weight excluding hydrogens is 294 g/mol. The van der Waals surface area contributed by atoms with Gasteiger partial charge in [-0.3, -0.25) is 5.43 Å². The third kappa shape index (κ3) is 3.03. The number of methoxy groups -OCH3 is 1. The van der Waals surface area contributed by atoms with Crippen molar-refractivity contribution in [3.8, 4) is 5.75 Å². The molecule has 0 aliphatic heterocycles. The number of rotatable bonds is 4. The lowest BCUT2D eigenvalue weighted by molar-refractivity contribution is 0.415. The van der Waals surface area contributed by atoms with Crippen LogP contribution in [0.25, 0.3) is 10.8 Å². The molecule has 0 spiro atoms. The minimum absolute atomic E-state index is 0.309. The van der Waals surface area contributed by atoms with Gasteiger partial charge in [-0.05, 0) is 23.8 Å². The minimum Gasteiger partial charge on any atom is -0.496 e. The summed E-state index contributed by atoms with van der Waals surface area (Å²) in [6, 6.07) is 11.8. The summed E-state index contributed by atoms with van der Waals surface area (Å²) in [5, 5.41) is 12.4. The number of fused-ring (bicyclic) bond motifs is 1. The zero-order valence-electron chi connectivity index (χ0n) is 12.7. The lowest BCUT2D eigenvalue weighted by atomic mass is 10.0. The van der Waals surface area contributed by atoms with E-state index < -0.39 is 5.69 Å². The number of aromatic nitrogens is 3. The van der Waals surface area contributed by atoms with Gasteiger partial charge in [0, 0.05) is 5.56 Å². The van der Waals surface area contributed by atoms with Crippen LogP contribution in [-0.2, 0) is 0 Å². The number of nitrogens with zero attached hydrogens (tertiary/aromatic N) is 3. The van der Waals surface area contributed by atoms with Gasteiger partial charge in [-0.1, -0.05) is 30.3 Å². The molecule has 0 radical (unpaired) electrons. The van der Waals surface area contributed by atoms with Crippen LogP contribution in [0.2, 0.25) is 0 Å². The maximum Gasteiger partial charge on any atom is 0.363 e. The highest BCUT2D eigenvalue weighted by molar-refractivity contribution is 6.02. The molecule has 1 heterocycles. The van der Waals surface area contributed by atoms with Gasteiger partial charge < -0.3 is 4.74 Å². The second kappa shape index (κ2) is 6.27. The highest BCUT2D eigenvalue weighted by Gasteiger charge is 2.06. The molecule has 116 valence electrons. The van der Waals surface area contributed by atoms with Crippen LogP contribution >= 0.6 is 0 Å². The van der Waals surface area contributed by atoms with Crippen LogP contribution in [0.1, 0.15) is 11.3 Å². The van der Waals surface area contributed by atoms with Crippen LogP contribution in [-0.4, -0.2) is 28.5 Å². The number of hydrogen-bond acceptors (Lipinski definition) is 6. The van der Waals surface area contributed by atoms with Crippen molar-refractivity contribution in [3.05, 3.63) is 58.1 Å². The van der Waals surface area contributed by atoms with Gasteiger partial charge >= 0.3 is 5.69 Å². The van der Waals surface area contributed by atoms with Gasteiger partial charge in [0.25, 0.3) is 0 Å². The molecule has 0 fully saturated rings. The smallest absolute Gasteiger partial charge is 0.363 e. The zero-order chi connectivity index (χ0) is 16.2. The van der Waals surface area contributed by atoms with Crippen molar-refractivity contribution in [2.75, 3.05) is 12.5 Å². The largest absolute Gasteiger partial charge is 0.496 e. The topological polar surface area (TPSA) is 92.3 Å². The van der Waals surface area contributed by atoms with Crippen LogP contribution in [0.4, 0.5) is 5.82 Å². The van der Waals surface area contributed by atoms with Crippen molar-refractivity contribution in [2.45, 2.75) is 6.92 Å². The Morgan fingerprint density at radius 2 is 2.09 bits per heavy atom. The van der Waals surface area contributed by atoms with Crippen molar-refractivity contribution < 1.29 is 4.74 Å². The number of aryl methyl sites for hydroxylation is 1. The Labute approximate surface area is 132 Å². The summed E-state index contributed by atoms with van der Waals surface area (Å²) in [6.07, 6.45) is 1.64. The lowest BCUT2D eigenvalue weighted by Gasteiger charge is -2.08. The second-order valence-electron chi connectivity index (χ2n) is 4.85. The van der Waals surface area contributed by atoms with Gasteiger partial charge in [-0.2, -0.15) is 15.2 Å². The van der Waals surface area contributed by atoms with Crippen LogP contribution in [0.3, 0.4) is 0 Å². The summed E-state index contributed by atoms with van der Waals surface area (Å²) in [6.45, 7) is 1.72. The summed E-state index contributed by atoms with van der Waals surface area (Å²) in [4.78, 5) is 15.0. The van der Waals surface area contributed by atoms with Gasteiger partial charge in [0.05, 0.1) is 13.3 Å². The first-order valence-corrected chi connectivity index (χ1v) is 6.97. The molecule has 7 heteroatoms. The Morgan fingerprint density at radius 1 is 1.26 bits per heavy atom. The third-order valence-electron chi connectivity index (χ3n) is 3.39. The molecular formula is C16H15N5O2. The van der Waals surface area contributed by atoms with Crippen LogP contribution in [0.5, 0.6) is 5.75 Å². The second-order valence-corrected chi connectivity index (χ2v) is 4.85. The van der Waals surface area contributed by atoms with E-state index in [-0.39, 0.29) is 0 Å². The highest BCUT2D eigenvalue weighted by atomic mass is 16.5. The highest BCUT2D eigenvalue weighted by Crippen LogP contribution is 2.26. The molecule has 23 heavy (non-hydrogen) atoms. The van der Waals surface area contributed by atoms with Crippen molar-refractivity contribution >= 4 is 22.8 Å². The molecule has 0 amide bonds. The molecule has 2 aromatic carbocycles. The summed E-state index contributed by atoms with van der Waals surface area (Å²) in [7, 11) is 1.61. The number of H-pyrrole nitrogens is 1. The van der Waals surface area contributed by atoms with E-state index in [1.54, 1.807) is 20.2 Å². The van der Waals surface area contributed by atoms with Gasteiger partial charge in [-0.25, -0.2) is 9.89 Å². The van der Waals surface area contributed by atoms with E-state index in [1.807, 2.05) is 36.4 Å². The molecule has 2 N–H and O–H groups in total.